The minimum absolute atomic E-state index is 0.436. The standard InChI is InChI=1S/C23H26ClN.C2HF3O/c1-25-13-12-23-11-3-2-4-20(23)22(25)15-18-6-5-17(14-21(18)23)16-7-9-19(24)10-8-16;3-2(4,5)1-6/h5-10,14,20,22H,2-4,11-13,15H2,1H3;1H/t20-,22-,23?;/m1./s1. The van der Waals surface area contributed by atoms with Crippen LogP contribution in [-0.4, -0.2) is 37.0 Å². The minimum atomic E-state index is -4.64. The number of carbonyl (C=O) groups excluding carboxylic acids is 1. The second-order valence-corrected chi connectivity index (χ2v) is 9.49. The van der Waals surface area contributed by atoms with Crippen LogP contribution in [0.2, 0.25) is 5.02 Å². The van der Waals surface area contributed by atoms with Crippen molar-refractivity contribution in [3.05, 3.63) is 58.6 Å². The van der Waals surface area contributed by atoms with Gasteiger partial charge in [0.25, 0.3) is 0 Å². The summed E-state index contributed by atoms with van der Waals surface area (Å²) in [5.74, 6) is 0.855. The molecule has 0 spiro atoms. The Morgan fingerprint density at radius 3 is 2.42 bits per heavy atom. The Bertz CT molecular complexity index is 943. The monoisotopic (exact) mass is 449 g/mol. The van der Waals surface area contributed by atoms with Crippen LogP contribution in [-0.2, 0) is 16.6 Å². The van der Waals surface area contributed by atoms with Crippen molar-refractivity contribution in [3.63, 3.8) is 0 Å². The van der Waals surface area contributed by atoms with Gasteiger partial charge in [-0.15, -0.1) is 0 Å². The van der Waals surface area contributed by atoms with Gasteiger partial charge in [-0.2, -0.15) is 13.2 Å². The van der Waals surface area contributed by atoms with E-state index in [-0.39, 0.29) is 0 Å². The molecule has 0 N–H and O–H groups in total. The highest BCUT2D eigenvalue weighted by molar-refractivity contribution is 6.30. The fourth-order valence-corrected chi connectivity index (χ4v) is 6.14. The predicted molar refractivity (Wildman–Crippen MR) is 117 cm³/mol. The molecule has 1 saturated heterocycles. The van der Waals surface area contributed by atoms with Crippen LogP contribution in [0.3, 0.4) is 0 Å². The van der Waals surface area contributed by atoms with Crippen LogP contribution >= 0.6 is 11.6 Å². The molecule has 3 atom stereocenters. The molecule has 2 aliphatic carbocycles. The lowest BCUT2D eigenvalue weighted by atomic mass is 9.52. The summed E-state index contributed by atoms with van der Waals surface area (Å²) in [6, 6.07) is 16.3. The van der Waals surface area contributed by atoms with Crippen molar-refractivity contribution < 1.29 is 18.0 Å². The van der Waals surface area contributed by atoms with E-state index in [2.05, 4.69) is 42.3 Å². The van der Waals surface area contributed by atoms with Crippen molar-refractivity contribution in [1.82, 2.24) is 4.90 Å². The molecule has 1 saturated carbocycles. The maximum Gasteiger partial charge on any atom is 0.446 e. The first-order chi connectivity index (χ1) is 14.7. The number of carbonyl (C=O) groups is 1. The molecule has 1 unspecified atom stereocenters. The van der Waals surface area contributed by atoms with E-state index in [1.807, 2.05) is 12.1 Å². The average molecular weight is 450 g/mol. The van der Waals surface area contributed by atoms with Crippen LogP contribution in [0.15, 0.2) is 42.5 Å². The number of likely N-dealkylation sites (tertiary alicyclic amines) is 1. The van der Waals surface area contributed by atoms with Gasteiger partial charge in [0.1, 0.15) is 0 Å². The molecule has 31 heavy (non-hydrogen) atoms. The van der Waals surface area contributed by atoms with Gasteiger partial charge in [0.05, 0.1) is 0 Å². The Morgan fingerprint density at radius 2 is 1.74 bits per heavy atom. The maximum absolute atomic E-state index is 10.4. The van der Waals surface area contributed by atoms with Crippen molar-refractivity contribution >= 4 is 17.9 Å². The lowest BCUT2D eigenvalue weighted by Crippen LogP contribution is -2.59. The van der Waals surface area contributed by atoms with Gasteiger partial charge in [-0.1, -0.05) is 54.8 Å². The number of fused-ring (bicyclic) bond motifs is 1. The summed E-state index contributed by atoms with van der Waals surface area (Å²) < 4.78 is 31.2. The molecule has 0 amide bonds. The lowest BCUT2D eigenvalue weighted by molar-refractivity contribution is -0.156. The second-order valence-electron chi connectivity index (χ2n) is 9.05. The zero-order valence-corrected chi connectivity index (χ0v) is 18.3. The molecule has 166 valence electrons. The normalized spacial score (nSPS) is 27.4. The smallest absolute Gasteiger partial charge is 0.303 e. The minimum Gasteiger partial charge on any atom is -0.303 e. The number of aldehydes is 1. The molecule has 2 aromatic rings. The molecule has 2 bridgehead atoms. The summed E-state index contributed by atoms with van der Waals surface area (Å²) in [7, 11) is 2.34. The lowest BCUT2D eigenvalue weighted by Gasteiger charge is -2.58. The molecule has 0 radical (unpaired) electrons. The first kappa shape index (κ1) is 22.3. The SMILES string of the molecule is CN1CCC23CCCC[C@@H]2[C@H]1Cc1ccc(-c2ccc(Cl)cc2)cc13.O=CC(F)(F)F. The Kier molecular flexibility index (Phi) is 6.19. The van der Waals surface area contributed by atoms with Crippen molar-refractivity contribution in [2.75, 3.05) is 13.6 Å². The summed E-state index contributed by atoms with van der Waals surface area (Å²) >= 11 is 6.08. The third kappa shape index (κ3) is 4.40. The van der Waals surface area contributed by atoms with Crippen LogP contribution < -0.4 is 0 Å². The number of rotatable bonds is 1. The maximum atomic E-state index is 10.4. The fraction of sp³-hybridized carbons (Fsp3) is 0.480. The molecule has 2 nitrogen and oxygen atoms in total. The van der Waals surface area contributed by atoms with E-state index in [0.29, 0.717) is 5.41 Å². The zero-order valence-electron chi connectivity index (χ0n) is 17.6. The van der Waals surface area contributed by atoms with E-state index in [4.69, 9.17) is 16.4 Å². The molecule has 2 aromatic carbocycles. The fourth-order valence-electron chi connectivity index (χ4n) is 6.02. The van der Waals surface area contributed by atoms with Crippen LogP contribution in [0.25, 0.3) is 11.1 Å². The highest BCUT2D eigenvalue weighted by Gasteiger charge is 2.52. The van der Waals surface area contributed by atoms with Crippen molar-refractivity contribution in [1.29, 1.82) is 0 Å². The number of benzene rings is 2. The van der Waals surface area contributed by atoms with Gasteiger partial charge >= 0.3 is 6.18 Å². The van der Waals surface area contributed by atoms with Gasteiger partial charge in [-0.05, 0) is 79.6 Å². The number of hydrogen-bond acceptors (Lipinski definition) is 2. The van der Waals surface area contributed by atoms with Gasteiger partial charge in [0, 0.05) is 16.5 Å². The summed E-state index contributed by atoms with van der Waals surface area (Å²) in [5.41, 5.74) is 6.35. The third-order valence-electron chi connectivity index (χ3n) is 7.43. The molecule has 5 rings (SSSR count). The highest BCUT2D eigenvalue weighted by Crippen LogP contribution is 2.55. The molecule has 0 aromatic heterocycles. The summed E-state index contributed by atoms with van der Waals surface area (Å²) in [6.45, 7) is 1.26. The molecular weight excluding hydrogens is 423 g/mol. The molecule has 1 aliphatic heterocycles. The van der Waals surface area contributed by atoms with E-state index in [1.165, 1.54) is 56.2 Å². The van der Waals surface area contributed by atoms with Gasteiger partial charge in [0.15, 0.2) is 0 Å². The first-order valence-electron chi connectivity index (χ1n) is 10.9. The van der Waals surface area contributed by atoms with Crippen molar-refractivity contribution in [2.45, 2.75) is 56.2 Å². The first-order valence-corrected chi connectivity index (χ1v) is 11.2. The predicted octanol–water partition coefficient (Wildman–Crippen LogP) is 6.44. The van der Waals surface area contributed by atoms with Gasteiger partial charge in [-0.25, -0.2) is 0 Å². The van der Waals surface area contributed by atoms with Crippen LogP contribution in [0.4, 0.5) is 13.2 Å². The van der Waals surface area contributed by atoms with Gasteiger partial charge in [0.2, 0.25) is 6.29 Å². The van der Waals surface area contributed by atoms with Crippen LogP contribution in [0.5, 0.6) is 0 Å². The Hall–Kier alpha value is -1.85. The summed E-state index contributed by atoms with van der Waals surface area (Å²) in [6.07, 6.45) is 2.49. The highest BCUT2D eigenvalue weighted by atomic mass is 35.5. The van der Waals surface area contributed by atoms with Crippen molar-refractivity contribution in [3.8, 4) is 11.1 Å². The molecular formula is C25H27ClF3NO. The molecule has 3 aliphatic rings. The molecule has 2 fully saturated rings. The van der Waals surface area contributed by atoms with Crippen molar-refractivity contribution in [2.24, 2.45) is 5.92 Å². The molecule has 6 heteroatoms. The van der Waals surface area contributed by atoms with Gasteiger partial charge in [-0.3, -0.25) is 4.79 Å². The largest absolute Gasteiger partial charge is 0.446 e. The quantitative estimate of drug-likeness (QED) is 0.467. The van der Waals surface area contributed by atoms with Gasteiger partial charge < -0.3 is 4.90 Å². The topological polar surface area (TPSA) is 20.3 Å². The number of likely N-dealkylation sites (N-methyl/N-ethyl adjacent to an activating group) is 1. The van der Waals surface area contributed by atoms with E-state index < -0.39 is 12.5 Å². The Labute approximate surface area is 186 Å². The van der Waals surface area contributed by atoms with E-state index in [1.54, 1.807) is 11.1 Å². The molecule has 1 heterocycles. The van der Waals surface area contributed by atoms with Crippen LogP contribution in [0.1, 0.15) is 43.2 Å². The van der Waals surface area contributed by atoms with E-state index >= 15 is 0 Å². The average Bonchev–Trinajstić information content (AvgIpc) is 2.76. The zero-order chi connectivity index (χ0) is 22.2. The van der Waals surface area contributed by atoms with E-state index in [0.717, 1.165) is 17.0 Å². The third-order valence-corrected chi connectivity index (χ3v) is 7.68. The Morgan fingerprint density at radius 1 is 1.06 bits per heavy atom. The summed E-state index contributed by atoms with van der Waals surface area (Å²) in [4.78, 5) is 11.3. The number of halogens is 4. The second kappa shape index (κ2) is 8.59. The summed E-state index contributed by atoms with van der Waals surface area (Å²) in [5, 5.41) is 0.811. The van der Waals surface area contributed by atoms with E-state index in [9.17, 15) is 13.2 Å². The number of hydrogen-bond donors (Lipinski definition) is 0. The number of piperidine rings is 1. The Balaban J connectivity index is 0.000000342. The van der Waals surface area contributed by atoms with Crippen LogP contribution in [0, 0.1) is 5.92 Å². The number of nitrogens with zero attached hydrogens (tertiary/aromatic N) is 1. The number of alkyl halides is 3.